The van der Waals surface area contributed by atoms with Gasteiger partial charge in [0.2, 0.25) is 0 Å². The summed E-state index contributed by atoms with van der Waals surface area (Å²) in [5.41, 5.74) is 5.70. The summed E-state index contributed by atoms with van der Waals surface area (Å²) in [7, 11) is 0. The van der Waals surface area contributed by atoms with Crippen molar-refractivity contribution in [3.05, 3.63) is 77.4 Å². The molecular weight excluding hydrogens is 356 g/mol. The molecule has 1 aromatic carbocycles. The van der Waals surface area contributed by atoms with Crippen molar-refractivity contribution in [1.29, 1.82) is 5.26 Å². The first kappa shape index (κ1) is 22.4. The van der Waals surface area contributed by atoms with Gasteiger partial charge in [-0.15, -0.1) is 0 Å². The van der Waals surface area contributed by atoms with E-state index in [9.17, 15) is 10.1 Å². The SMILES string of the molecule is C=C/C=C\C(=C)CCc1ccc(NC(=O)C(C#N)=C2CCC(C)(C)CC2)cc1C.[HH]. The Morgan fingerprint density at radius 1 is 1.34 bits per heavy atom. The maximum absolute atomic E-state index is 12.7. The molecule has 1 saturated carbocycles. The summed E-state index contributed by atoms with van der Waals surface area (Å²) in [6.45, 7) is 14.2. The molecule has 0 spiro atoms. The molecule has 0 atom stereocenters. The van der Waals surface area contributed by atoms with Crippen molar-refractivity contribution in [1.82, 2.24) is 0 Å². The Morgan fingerprint density at radius 3 is 2.62 bits per heavy atom. The van der Waals surface area contributed by atoms with Gasteiger partial charge in [0.05, 0.1) is 0 Å². The van der Waals surface area contributed by atoms with E-state index in [1.54, 1.807) is 6.08 Å². The first-order chi connectivity index (χ1) is 13.8. The van der Waals surface area contributed by atoms with Crippen LogP contribution in [0.15, 0.2) is 66.3 Å². The molecule has 1 aromatic rings. The second-order valence-corrected chi connectivity index (χ2v) is 8.60. The molecule has 0 heterocycles. The average Bonchev–Trinajstić information content (AvgIpc) is 2.67. The number of amides is 1. The topological polar surface area (TPSA) is 52.9 Å². The van der Waals surface area contributed by atoms with Crippen molar-refractivity contribution in [3.63, 3.8) is 0 Å². The van der Waals surface area contributed by atoms with Gasteiger partial charge in [-0.3, -0.25) is 4.79 Å². The monoisotopic (exact) mass is 390 g/mol. The average molecular weight is 391 g/mol. The molecule has 29 heavy (non-hydrogen) atoms. The molecule has 0 aromatic heterocycles. The third-order valence-electron chi connectivity index (χ3n) is 5.68. The normalized spacial score (nSPS) is 15.6. The number of rotatable bonds is 7. The Kier molecular flexibility index (Phi) is 7.79. The number of benzene rings is 1. The van der Waals surface area contributed by atoms with Crippen molar-refractivity contribution in [2.24, 2.45) is 5.41 Å². The van der Waals surface area contributed by atoms with Crippen molar-refractivity contribution in [3.8, 4) is 6.07 Å². The number of nitrogens with zero attached hydrogens (tertiary/aromatic N) is 1. The summed E-state index contributed by atoms with van der Waals surface area (Å²) in [4.78, 5) is 12.7. The van der Waals surface area contributed by atoms with Crippen LogP contribution in [0.5, 0.6) is 0 Å². The van der Waals surface area contributed by atoms with Crippen LogP contribution in [-0.4, -0.2) is 5.91 Å². The second-order valence-electron chi connectivity index (χ2n) is 8.60. The molecule has 1 N–H and O–H groups in total. The summed E-state index contributed by atoms with van der Waals surface area (Å²) < 4.78 is 0. The Hall–Kier alpha value is -2.86. The predicted octanol–water partition coefficient (Wildman–Crippen LogP) is 6.83. The number of carbonyl (C=O) groups excluding carboxylic acids is 1. The Balaban J connectivity index is 0.00000450. The van der Waals surface area contributed by atoms with Crippen LogP contribution in [0.4, 0.5) is 5.69 Å². The lowest BCUT2D eigenvalue weighted by atomic mass is 9.74. The zero-order valence-corrected chi connectivity index (χ0v) is 18.0. The van der Waals surface area contributed by atoms with Crippen molar-refractivity contribution < 1.29 is 6.22 Å². The van der Waals surface area contributed by atoms with Gasteiger partial charge < -0.3 is 5.32 Å². The summed E-state index contributed by atoms with van der Waals surface area (Å²) in [5.74, 6) is -0.294. The van der Waals surface area contributed by atoms with E-state index in [1.807, 2.05) is 37.3 Å². The zero-order chi connectivity index (χ0) is 21.4. The fourth-order valence-corrected chi connectivity index (χ4v) is 3.60. The van der Waals surface area contributed by atoms with Crippen LogP contribution in [0.2, 0.25) is 0 Å². The van der Waals surface area contributed by atoms with Crippen molar-refractivity contribution >= 4 is 11.6 Å². The van der Waals surface area contributed by atoms with Crippen LogP contribution in [0, 0.1) is 23.7 Å². The molecule has 154 valence electrons. The highest BCUT2D eigenvalue weighted by Gasteiger charge is 2.27. The van der Waals surface area contributed by atoms with E-state index in [4.69, 9.17) is 0 Å². The summed E-state index contributed by atoms with van der Waals surface area (Å²) in [6, 6.07) is 8.06. The van der Waals surface area contributed by atoms with Crippen molar-refractivity contribution in [2.75, 3.05) is 5.32 Å². The molecule has 0 aliphatic heterocycles. The second kappa shape index (κ2) is 10.1. The van der Waals surface area contributed by atoms with E-state index in [0.29, 0.717) is 5.41 Å². The minimum Gasteiger partial charge on any atom is -0.321 e. The van der Waals surface area contributed by atoms with E-state index >= 15 is 0 Å². The highest BCUT2D eigenvalue weighted by molar-refractivity contribution is 6.07. The van der Waals surface area contributed by atoms with Crippen LogP contribution < -0.4 is 5.32 Å². The first-order valence-electron chi connectivity index (χ1n) is 10.3. The van der Waals surface area contributed by atoms with Crippen LogP contribution in [0.1, 0.15) is 58.5 Å². The van der Waals surface area contributed by atoms with Gasteiger partial charge in [-0.1, -0.05) is 56.9 Å². The maximum atomic E-state index is 12.7. The number of aryl methyl sites for hydroxylation is 2. The van der Waals surface area contributed by atoms with E-state index in [2.05, 4.69) is 38.4 Å². The molecule has 3 heteroatoms. The van der Waals surface area contributed by atoms with Gasteiger partial charge in [0.25, 0.3) is 5.91 Å². The molecular formula is C26H34N2O. The first-order valence-corrected chi connectivity index (χ1v) is 10.3. The molecule has 2 rings (SSSR count). The zero-order valence-electron chi connectivity index (χ0n) is 18.0. The third-order valence-corrected chi connectivity index (χ3v) is 5.68. The molecule has 1 amide bonds. The number of hydrogen-bond acceptors (Lipinski definition) is 2. The molecule has 1 fully saturated rings. The van der Waals surface area contributed by atoms with Crippen LogP contribution in [-0.2, 0) is 11.2 Å². The third kappa shape index (κ3) is 6.61. The lowest BCUT2D eigenvalue weighted by Gasteiger charge is -2.31. The van der Waals surface area contributed by atoms with E-state index < -0.39 is 0 Å². The van der Waals surface area contributed by atoms with Gasteiger partial charge in [-0.2, -0.15) is 5.26 Å². The van der Waals surface area contributed by atoms with E-state index in [-0.39, 0.29) is 12.9 Å². The molecule has 0 radical (unpaired) electrons. The lowest BCUT2D eigenvalue weighted by molar-refractivity contribution is -0.112. The minimum atomic E-state index is -0.294. The molecule has 1 aliphatic rings. The van der Waals surface area contributed by atoms with E-state index in [0.717, 1.165) is 60.9 Å². The number of allylic oxidation sites excluding steroid dienone is 5. The molecule has 0 bridgehead atoms. The standard InChI is InChI=1S/C26H32N2O.H2/c1-6-7-8-19(2)9-10-21-11-12-23(17-20(21)3)28-25(29)24(18-27)22-13-15-26(4,5)16-14-22;/h6-8,11-12,17H,1-2,9-10,13-16H2,3-5H3,(H,28,29);1H/b8-7-;. The highest BCUT2D eigenvalue weighted by atomic mass is 16.1. The highest BCUT2D eigenvalue weighted by Crippen LogP contribution is 2.38. The van der Waals surface area contributed by atoms with E-state index in [1.165, 1.54) is 5.56 Å². The van der Waals surface area contributed by atoms with Gasteiger partial charge in [0.1, 0.15) is 11.6 Å². The largest absolute Gasteiger partial charge is 0.321 e. The quantitative estimate of drug-likeness (QED) is 0.315. The summed E-state index contributed by atoms with van der Waals surface area (Å²) in [6.07, 6.45) is 11.1. The van der Waals surface area contributed by atoms with Gasteiger partial charge >= 0.3 is 0 Å². The lowest BCUT2D eigenvalue weighted by Crippen LogP contribution is -2.21. The number of anilines is 1. The fraction of sp³-hybridized carbons (Fsp3) is 0.385. The fourth-order valence-electron chi connectivity index (χ4n) is 3.60. The number of nitrogens with one attached hydrogen (secondary N) is 1. The number of nitriles is 1. The number of carbonyl (C=O) groups is 1. The summed E-state index contributed by atoms with van der Waals surface area (Å²) in [5, 5.41) is 12.5. The van der Waals surface area contributed by atoms with Gasteiger partial charge in [-0.05, 0) is 79.7 Å². The summed E-state index contributed by atoms with van der Waals surface area (Å²) >= 11 is 0. The van der Waals surface area contributed by atoms with Gasteiger partial charge in [-0.25, -0.2) is 0 Å². The Labute approximate surface area is 177 Å². The van der Waals surface area contributed by atoms with Crippen LogP contribution in [0.25, 0.3) is 0 Å². The molecule has 1 aliphatic carbocycles. The number of hydrogen-bond donors (Lipinski definition) is 1. The van der Waals surface area contributed by atoms with Crippen LogP contribution >= 0.6 is 0 Å². The molecule has 0 saturated heterocycles. The molecule has 3 nitrogen and oxygen atoms in total. The Morgan fingerprint density at radius 2 is 2.03 bits per heavy atom. The van der Waals surface area contributed by atoms with Crippen molar-refractivity contribution in [2.45, 2.75) is 59.3 Å². The maximum Gasteiger partial charge on any atom is 0.266 e. The molecule has 0 unspecified atom stereocenters. The minimum absolute atomic E-state index is 0. The van der Waals surface area contributed by atoms with Gasteiger partial charge in [0, 0.05) is 7.11 Å². The van der Waals surface area contributed by atoms with Gasteiger partial charge in [0.15, 0.2) is 0 Å². The predicted molar refractivity (Wildman–Crippen MR) is 124 cm³/mol. The Bertz CT molecular complexity index is 888. The smallest absolute Gasteiger partial charge is 0.266 e. The van der Waals surface area contributed by atoms with Crippen LogP contribution in [0.3, 0.4) is 0 Å².